The minimum absolute atomic E-state index is 0.109. The van der Waals surface area contributed by atoms with Crippen LogP contribution in [0.25, 0.3) is 11.1 Å². The van der Waals surface area contributed by atoms with E-state index >= 15 is 0 Å². The summed E-state index contributed by atoms with van der Waals surface area (Å²) >= 11 is 0. The smallest absolute Gasteiger partial charge is 0.416 e. The zero-order valence-electron chi connectivity index (χ0n) is 10.9. The highest BCUT2D eigenvalue weighted by Gasteiger charge is 2.30. The molecule has 0 aliphatic carbocycles. The van der Waals surface area contributed by atoms with E-state index in [1.54, 1.807) is 13.0 Å². The maximum atomic E-state index is 13.9. The minimum atomic E-state index is -4.38. The summed E-state index contributed by atoms with van der Waals surface area (Å²) < 4.78 is 56.2. The maximum absolute atomic E-state index is 13.9. The summed E-state index contributed by atoms with van der Waals surface area (Å²) in [4.78, 5) is 0. The van der Waals surface area contributed by atoms with Crippen LogP contribution in [0.15, 0.2) is 36.4 Å². The van der Waals surface area contributed by atoms with E-state index in [-0.39, 0.29) is 5.75 Å². The van der Waals surface area contributed by atoms with Crippen molar-refractivity contribution in [1.29, 1.82) is 0 Å². The summed E-state index contributed by atoms with van der Waals surface area (Å²) in [5, 5.41) is 0. The first-order valence-electron chi connectivity index (χ1n) is 5.85. The highest BCUT2D eigenvalue weighted by atomic mass is 19.4. The van der Waals surface area contributed by atoms with Gasteiger partial charge in [0.05, 0.1) is 12.7 Å². The molecule has 2 aromatic carbocycles. The van der Waals surface area contributed by atoms with Crippen molar-refractivity contribution in [2.45, 2.75) is 13.1 Å². The molecular weight excluding hydrogens is 272 g/mol. The Morgan fingerprint density at radius 2 is 1.55 bits per heavy atom. The molecule has 0 atom stereocenters. The largest absolute Gasteiger partial charge is 0.494 e. The molecule has 0 aliphatic rings. The van der Waals surface area contributed by atoms with Crippen LogP contribution in [0.1, 0.15) is 11.1 Å². The number of ether oxygens (including phenoxy) is 1. The quantitative estimate of drug-likeness (QED) is 0.718. The van der Waals surface area contributed by atoms with Gasteiger partial charge in [-0.05, 0) is 41.8 Å². The number of hydrogen-bond donors (Lipinski definition) is 0. The van der Waals surface area contributed by atoms with Crippen LogP contribution in [-0.2, 0) is 6.18 Å². The van der Waals surface area contributed by atoms with Crippen molar-refractivity contribution < 1.29 is 22.3 Å². The molecule has 2 rings (SSSR count). The van der Waals surface area contributed by atoms with E-state index in [0.29, 0.717) is 16.7 Å². The highest BCUT2D eigenvalue weighted by molar-refractivity contribution is 5.68. The first-order valence-corrected chi connectivity index (χ1v) is 5.85. The lowest BCUT2D eigenvalue weighted by Gasteiger charge is -2.11. The van der Waals surface area contributed by atoms with Crippen molar-refractivity contribution in [1.82, 2.24) is 0 Å². The van der Waals surface area contributed by atoms with Crippen LogP contribution in [0.5, 0.6) is 5.75 Å². The number of benzene rings is 2. The van der Waals surface area contributed by atoms with Gasteiger partial charge < -0.3 is 4.74 Å². The zero-order chi connectivity index (χ0) is 14.9. The Morgan fingerprint density at radius 1 is 0.950 bits per heavy atom. The Bertz CT molecular complexity index is 615. The summed E-state index contributed by atoms with van der Waals surface area (Å²) in [5.41, 5.74) is 0.672. The van der Waals surface area contributed by atoms with E-state index in [4.69, 9.17) is 4.74 Å². The molecule has 0 aromatic heterocycles. The maximum Gasteiger partial charge on any atom is 0.416 e. The lowest BCUT2D eigenvalue weighted by atomic mass is 9.98. The highest BCUT2D eigenvalue weighted by Crippen LogP contribution is 2.33. The van der Waals surface area contributed by atoms with Crippen molar-refractivity contribution >= 4 is 0 Å². The third kappa shape index (κ3) is 2.61. The van der Waals surface area contributed by atoms with Crippen molar-refractivity contribution in [2.75, 3.05) is 7.11 Å². The third-order valence-corrected chi connectivity index (χ3v) is 3.09. The average Bonchev–Trinajstić information content (AvgIpc) is 2.41. The number of halogens is 4. The van der Waals surface area contributed by atoms with Gasteiger partial charge in [-0.2, -0.15) is 13.2 Å². The van der Waals surface area contributed by atoms with E-state index < -0.39 is 17.6 Å². The average molecular weight is 284 g/mol. The number of alkyl halides is 3. The molecule has 0 unspecified atom stereocenters. The van der Waals surface area contributed by atoms with Crippen molar-refractivity contribution in [3.05, 3.63) is 53.3 Å². The second-order valence-electron chi connectivity index (χ2n) is 4.33. The molecule has 106 valence electrons. The van der Waals surface area contributed by atoms with Crippen molar-refractivity contribution in [3.8, 4) is 16.9 Å². The molecule has 0 N–H and O–H groups in total. The van der Waals surface area contributed by atoms with Crippen molar-refractivity contribution in [3.63, 3.8) is 0 Å². The SMILES string of the molecule is COc1ccc(-c2ccc(C(F)(F)F)cc2)c(C)c1F. The molecule has 0 aliphatic heterocycles. The molecule has 0 radical (unpaired) electrons. The zero-order valence-corrected chi connectivity index (χ0v) is 10.9. The molecule has 0 saturated heterocycles. The first-order chi connectivity index (χ1) is 9.34. The molecule has 5 heteroatoms. The van der Waals surface area contributed by atoms with Gasteiger partial charge in [-0.3, -0.25) is 0 Å². The van der Waals surface area contributed by atoms with Gasteiger partial charge >= 0.3 is 6.18 Å². The van der Waals surface area contributed by atoms with Gasteiger partial charge in [0, 0.05) is 0 Å². The monoisotopic (exact) mass is 284 g/mol. The Labute approximate surface area is 113 Å². The van der Waals surface area contributed by atoms with Gasteiger partial charge in [0.1, 0.15) is 0 Å². The molecule has 0 heterocycles. The first kappa shape index (κ1) is 14.4. The fourth-order valence-electron chi connectivity index (χ4n) is 1.97. The van der Waals surface area contributed by atoms with E-state index in [2.05, 4.69) is 0 Å². The predicted molar refractivity (Wildman–Crippen MR) is 68.1 cm³/mol. The Kier molecular flexibility index (Phi) is 3.70. The predicted octanol–water partition coefficient (Wildman–Crippen LogP) is 4.83. The van der Waals surface area contributed by atoms with Gasteiger partial charge in [-0.15, -0.1) is 0 Å². The van der Waals surface area contributed by atoms with Crippen LogP contribution in [0.3, 0.4) is 0 Å². The summed E-state index contributed by atoms with van der Waals surface area (Å²) in [6.45, 7) is 1.56. The molecule has 2 aromatic rings. The summed E-state index contributed by atoms with van der Waals surface area (Å²) in [6.07, 6.45) is -4.38. The van der Waals surface area contributed by atoms with Gasteiger partial charge in [-0.25, -0.2) is 4.39 Å². The molecule has 0 spiro atoms. The Balaban J connectivity index is 2.45. The van der Waals surface area contributed by atoms with Crippen LogP contribution < -0.4 is 4.74 Å². The molecule has 20 heavy (non-hydrogen) atoms. The van der Waals surface area contributed by atoms with E-state index in [0.717, 1.165) is 12.1 Å². The Morgan fingerprint density at radius 3 is 2.05 bits per heavy atom. The van der Waals surface area contributed by atoms with Gasteiger partial charge in [0.25, 0.3) is 0 Å². The standard InChI is InChI=1S/C15H12F4O/c1-9-12(7-8-13(20-2)14(9)16)10-3-5-11(6-4-10)15(17,18)19/h3-8H,1-2H3. The fraction of sp³-hybridized carbons (Fsp3) is 0.200. The normalized spacial score (nSPS) is 11.5. The van der Waals surface area contributed by atoms with Gasteiger partial charge in [-0.1, -0.05) is 18.2 Å². The lowest BCUT2D eigenvalue weighted by molar-refractivity contribution is -0.137. The van der Waals surface area contributed by atoms with E-state index in [1.807, 2.05) is 0 Å². The van der Waals surface area contributed by atoms with E-state index in [9.17, 15) is 17.6 Å². The second-order valence-corrected chi connectivity index (χ2v) is 4.33. The van der Waals surface area contributed by atoms with Crippen LogP contribution in [0.4, 0.5) is 17.6 Å². The van der Waals surface area contributed by atoms with Crippen LogP contribution in [0.2, 0.25) is 0 Å². The summed E-state index contributed by atoms with van der Waals surface area (Å²) in [5.74, 6) is -0.400. The molecular formula is C15H12F4O. The van der Waals surface area contributed by atoms with Gasteiger partial charge in [0.2, 0.25) is 0 Å². The fourth-order valence-corrected chi connectivity index (χ4v) is 1.97. The molecule has 1 nitrogen and oxygen atoms in total. The van der Waals surface area contributed by atoms with E-state index in [1.165, 1.54) is 25.3 Å². The number of hydrogen-bond acceptors (Lipinski definition) is 1. The summed E-state index contributed by atoms with van der Waals surface area (Å²) in [6, 6.07) is 7.71. The summed E-state index contributed by atoms with van der Waals surface area (Å²) in [7, 11) is 1.36. The molecule has 0 saturated carbocycles. The topological polar surface area (TPSA) is 9.23 Å². The third-order valence-electron chi connectivity index (χ3n) is 3.09. The molecule has 0 bridgehead atoms. The number of rotatable bonds is 2. The molecule has 0 amide bonds. The molecule has 0 fully saturated rings. The Hall–Kier alpha value is -2.04. The van der Waals surface area contributed by atoms with Crippen LogP contribution in [0, 0.1) is 12.7 Å². The van der Waals surface area contributed by atoms with Gasteiger partial charge in [0.15, 0.2) is 11.6 Å². The lowest BCUT2D eigenvalue weighted by Crippen LogP contribution is -2.04. The second kappa shape index (κ2) is 5.15. The number of methoxy groups -OCH3 is 1. The van der Waals surface area contributed by atoms with Crippen LogP contribution in [-0.4, -0.2) is 7.11 Å². The minimum Gasteiger partial charge on any atom is -0.494 e. The van der Waals surface area contributed by atoms with Crippen LogP contribution >= 0.6 is 0 Å². The van der Waals surface area contributed by atoms with Crippen molar-refractivity contribution in [2.24, 2.45) is 0 Å².